The van der Waals surface area contributed by atoms with Crippen molar-refractivity contribution in [3.05, 3.63) is 57.0 Å². The molecule has 0 aliphatic carbocycles. The Labute approximate surface area is 186 Å². The minimum absolute atomic E-state index is 0.0600. The van der Waals surface area contributed by atoms with E-state index in [1.54, 1.807) is 19.1 Å². The van der Waals surface area contributed by atoms with E-state index >= 15 is 0 Å². The lowest BCUT2D eigenvalue weighted by Crippen LogP contribution is -2.43. The molecule has 11 heteroatoms. The fraction of sp³-hybridized carbons (Fsp3) is 0.263. The van der Waals surface area contributed by atoms with Gasteiger partial charge in [0.25, 0.3) is 0 Å². The molecule has 0 fully saturated rings. The zero-order valence-electron chi connectivity index (χ0n) is 15.8. The lowest BCUT2D eigenvalue weighted by molar-refractivity contribution is -0.137. The molecule has 2 N–H and O–H groups in total. The van der Waals surface area contributed by atoms with Crippen molar-refractivity contribution >= 4 is 58.0 Å². The summed E-state index contributed by atoms with van der Waals surface area (Å²) in [6.45, 7) is 1.32. The zero-order chi connectivity index (χ0) is 22.6. The third kappa shape index (κ3) is 6.50. The van der Waals surface area contributed by atoms with Crippen LogP contribution in [0.25, 0.3) is 0 Å². The molecule has 2 rings (SSSR count). The number of halogens is 6. The number of hydrogen-bond donors (Lipinski definition) is 2. The van der Waals surface area contributed by atoms with Gasteiger partial charge in [-0.05, 0) is 50.4 Å². The number of anilines is 2. The van der Waals surface area contributed by atoms with Gasteiger partial charge in [0.2, 0.25) is 11.8 Å². The number of benzene rings is 2. The molecule has 2 amide bonds. The first-order valence-corrected chi connectivity index (χ1v) is 9.64. The van der Waals surface area contributed by atoms with Crippen LogP contribution in [-0.4, -0.2) is 36.3 Å². The van der Waals surface area contributed by atoms with Crippen LogP contribution in [0.4, 0.5) is 24.5 Å². The second-order valence-corrected chi connectivity index (χ2v) is 7.70. The molecule has 0 saturated carbocycles. The highest BCUT2D eigenvalue weighted by molar-refractivity contribution is 6.36. The molecule has 0 radical (unpaired) electrons. The lowest BCUT2D eigenvalue weighted by atomic mass is 10.2. The van der Waals surface area contributed by atoms with Gasteiger partial charge >= 0.3 is 6.18 Å². The molecule has 1 atom stereocenters. The van der Waals surface area contributed by atoms with Gasteiger partial charge in [0.15, 0.2) is 0 Å². The average Bonchev–Trinajstić information content (AvgIpc) is 2.63. The molecule has 2 aromatic rings. The predicted molar refractivity (Wildman–Crippen MR) is 112 cm³/mol. The molecular formula is C19H17Cl3F3N3O2. The molecule has 0 aliphatic heterocycles. The van der Waals surface area contributed by atoms with Crippen LogP contribution in [0.2, 0.25) is 15.1 Å². The number of alkyl halides is 3. The molecule has 2 aromatic carbocycles. The summed E-state index contributed by atoms with van der Waals surface area (Å²) in [5.41, 5.74) is -0.755. The van der Waals surface area contributed by atoms with E-state index in [-0.39, 0.29) is 17.3 Å². The first-order valence-electron chi connectivity index (χ1n) is 8.51. The van der Waals surface area contributed by atoms with Gasteiger partial charge in [-0.3, -0.25) is 14.5 Å². The van der Waals surface area contributed by atoms with E-state index in [2.05, 4.69) is 10.6 Å². The third-order valence-corrected chi connectivity index (χ3v) is 5.06. The van der Waals surface area contributed by atoms with Crippen molar-refractivity contribution in [2.24, 2.45) is 0 Å². The average molecular weight is 483 g/mol. The van der Waals surface area contributed by atoms with Gasteiger partial charge < -0.3 is 10.6 Å². The Kier molecular flexibility index (Phi) is 7.99. The summed E-state index contributed by atoms with van der Waals surface area (Å²) in [4.78, 5) is 26.0. The number of rotatable bonds is 6. The Morgan fingerprint density at radius 3 is 2.30 bits per heavy atom. The number of nitrogens with one attached hydrogen (secondary N) is 2. The van der Waals surface area contributed by atoms with E-state index < -0.39 is 34.6 Å². The van der Waals surface area contributed by atoms with E-state index in [0.29, 0.717) is 10.7 Å². The van der Waals surface area contributed by atoms with E-state index in [1.165, 1.54) is 24.1 Å². The van der Waals surface area contributed by atoms with Crippen molar-refractivity contribution in [2.75, 3.05) is 24.2 Å². The van der Waals surface area contributed by atoms with Gasteiger partial charge in [-0.1, -0.05) is 34.8 Å². The summed E-state index contributed by atoms with van der Waals surface area (Å²) in [5.74, 6) is -1.03. The first kappa shape index (κ1) is 24.3. The maximum Gasteiger partial charge on any atom is 0.417 e. The Bertz CT molecular complexity index is 954. The minimum Gasteiger partial charge on any atom is -0.325 e. The van der Waals surface area contributed by atoms with Crippen molar-refractivity contribution in [2.45, 2.75) is 19.1 Å². The molecular weight excluding hydrogens is 466 g/mol. The number of carbonyl (C=O) groups is 2. The van der Waals surface area contributed by atoms with E-state index in [0.717, 1.165) is 12.1 Å². The molecule has 0 aliphatic rings. The second-order valence-electron chi connectivity index (χ2n) is 6.45. The summed E-state index contributed by atoms with van der Waals surface area (Å²) >= 11 is 17.4. The number of nitrogens with zero attached hydrogens (tertiary/aromatic N) is 1. The van der Waals surface area contributed by atoms with Crippen LogP contribution in [0, 0.1) is 0 Å². The van der Waals surface area contributed by atoms with Gasteiger partial charge in [-0.2, -0.15) is 13.2 Å². The van der Waals surface area contributed by atoms with E-state index in [9.17, 15) is 22.8 Å². The van der Waals surface area contributed by atoms with Crippen molar-refractivity contribution < 1.29 is 22.8 Å². The van der Waals surface area contributed by atoms with E-state index in [1.807, 2.05) is 0 Å². The molecule has 0 bridgehead atoms. The number of hydrogen-bond acceptors (Lipinski definition) is 3. The van der Waals surface area contributed by atoms with Crippen molar-refractivity contribution in [3.8, 4) is 0 Å². The monoisotopic (exact) mass is 481 g/mol. The normalized spacial score (nSPS) is 12.6. The lowest BCUT2D eigenvalue weighted by Gasteiger charge is -2.23. The topological polar surface area (TPSA) is 61.4 Å². The quantitative estimate of drug-likeness (QED) is 0.566. The molecule has 0 spiro atoms. The fourth-order valence-electron chi connectivity index (χ4n) is 2.41. The Balaban J connectivity index is 1.98. The van der Waals surface area contributed by atoms with Crippen molar-refractivity contribution in [1.82, 2.24) is 4.90 Å². The van der Waals surface area contributed by atoms with Crippen LogP contribution in [0.15, 0.2) is 36.4 Å². The summed E-state index contributed by atoms with van der Waals surface area (Å²) in [7, 11) is 1.52. The highest BCUT2D eigenvalue weighted by Gasteiger charge is 2.33. The molecule has 0 heterocycles. The maximum absolute atomic E-state index is 12.9. The van der Waals surface area contributed by atoms with Gasteiger partial charge in [-0.15, -0.1) is 0 Å². The highest BCUT2D eigenvalue weighted by atomic mass is 35.5. The van der Waals surface area contributed by atoms with Crippen LogP contribution in [0.3, 0.4) is 0 Å². The van der Waals surface area contributed by atoms with E-state index in [4.69, 9.17) is 34.8 Å². The standard InChI is InChI=1S/C19H17Cl3F3N3O2/c1-10(18(30)27-16-6-3-11(20)7-15(16)22)28(2)9-17(29)26-12-4-5-14(21)13(8-12)19(23,24)25/h3-8,10H,9H2,1-2H3,(H,26,29)(H,27,30). The Morgan fingerprint density at radius 2 is 1.70 bits per heavy atom. The van der Waals surface area contributed by atoms with Crippen molar-refractivity contribution in [3.63, 3.8) is 0 Å². The molecule has 5 nitrogen and oxygen atoms in total. The molecule has 0 saturated heterocycles. The predicted octanol–water partition coefficient (Wildman–Crippen LogP) is 5.56. The minimum atomic E-state index is -4.65. The number of carbonyl (C=O) groups excluding carboxylic acids is 2. The number of likely N-dealkylation sites (N-methyl/N-ethyl adjacent to an activating group) is 1. The number of amides is 2. The van der Waals surface area contributed by atoms with Crippen LogP contribution >= 0.6 is 34.8 Å². The van der Waals surface area contributed by atoms with Crippen LogP contribution in [-0.2, 0) is 15.8 Å². The maximum atomic E-state index is 12.9. The van der Waals surface area contributed by atoms with Gasteiger partial charge in [-0.25, -0.2) is 0 Å². The Morgan fingerprint density at radius 1 is 1.03 bits per heavy atom. The van der Waals surface area contributed by atoms with Crippen LogP contribution in [0.1, 0.15) is 12.5 Å². The van der Waals surface area contributed by atoms with Gasteiger partial charge in [0.05, 0.1) is 33.9 Å². The van der Waals surface area contributed by atoms with Gasteiger partial charge in [0.1, 0.15) is 0 Å². The summed E-state index contributed by atoms with van der Waals surface area (Å²) in [5, 5.41) is 5.19. The third-order valence-electron chi connectivity index (χ3n) is 4.18. The Hall–Kier alpha value is -2.00. The molecule has 0 aromatic heterocycles. The van der Waals surface area contributed by atoms with Gasteiger partial charge in [0, 0.05) is 10.7 Å². The zero-order valence-corrected chi connectivity index (χ0v) is 18.0. The second kappa shape index (κ2) is 9.87. The summed E-state index contributed by atoms with van der Waals surface area (Å²) < 4.78 is 38.8. The fourth-order valence-corrected chi connectivity index (χ4v) is 3.09. The smallest absolute Gasteiger partial charge is 0.325 e. The molecule has 1 unspecified atom stereocenters. The van der Waals surface area contributed by atoms with Crippen LogP contribution < -0.4 is 10.6 Å². The summed E-state index contributed by atoms with van der Waals surface area (Å²) in [6.07, 6.45) is -4.65. The van der Waals surface area contributed by atoms with Crippen LogP contribution in [0.5, 0.6) is 0 Å². The largest absolute Gasteiger partial charge is 0.417 e. The van der Waals surface area contributed by atoms with Crippen molar-refractivity contribution in [1.29, 1.82) is 0 Å². The molecule has 30 heavy (non-hydrogen) atoms. The summed E-state index contributed by atoms with van der Waals surface area (Å²) in [6, 6.07) is 6.90. The highest BCUT2D eigenvalue weighted by Crippen LogP contribution is 2.36. The molecule has 162 valence electrons. The SMILES string of the molecule is CC(C(=O)Nc1ccc(Cl)cc1Cl)N(C)CC(=O)Nc1ccc(Cl)c(C(F)(F)F)c1. The first-order chi connectivity index (χ1) is 13.9.